The molecule has 2 nitrogen and oxygen atoms in total. The molecule has 0 aliphatic rings. The van der Waals surface area contributed by atoms with E-state index in [1.807, 2.05) is 0 Å². The lowest BCUT2D eigenvalue weighted by molar-refractivity contribution is 0.0627. The van der Waals surface area contributed by atoms with Gasteiger partial charge in [-0.2, -0.15) is 0 Å². The zero-order valence-corrected chi connectivity index (χ0v) is 23.7. The van der Waals surface area contributed by atoms with E-state index < -0.39 is 0 Å². The highest BCUT2D eigenvalue weighted by atomic mass is 16.5. The van der Waals surface area contributed by atoms with Crippen LogP contribution in [0.5, 0.6) is 5.75 Å². The van der Waals surface area contributed by atoms with Gasteiger partial charge in [0.05, 0.1) is 12.7 Å². The zero-order chi connectivity index (χ0) is 25.7. The first-order chi connectivity index (χ1) is 17.7. The van der Waals surface area contributed by atoms with Crippen molar-refractivity contribution in [2.24, 2.45) is 0 Å². The van der Waals surface area contributed by atoms with Crippen molar-refractivity contribution in [1.82, 2.24) is 0 Å². The fraction of sp³-hybridized carbons (Fsp3) is 0.647. The molecule has 0 spiro atoms. The quantitative estimate of drug-likeness (QED) is 0.151. The molecule has 36 heavy (non-hydrogen) atoms. The van der Waals surface area contributed by atoms with Crippen molar-refractivity contribution in [2.75, 3.05) is 13.2 Å². The Hall–Kier alpha value is -1.80. The van der Waals surface area contributed by atoms with Crippen molar-refractivity contribution in [3.63, 3.8) is 0 Å². The first-order valence-electron chi connectivity index (χ1n) is 15.2. The van der Waals surface area contributed by atoms with Crippen molar-refractivity contribution < 1.29 is 9.47 Å². The second kappa shape index (κ2) is 20.3. The molecule has 0 aromatic heterocycles. The second-order valence-electron chi connectivity index (χ2n) is 10.5. The Morgan fingerprint density at radius 3 is 1.42 bits per heavy atom. The summed E-state index contributed by atoms with van der Waals surface area (Å²) in [5, 5.41) is 0. The fourth-order valence-corrected chi connectivity index (χ4v) is 4.71. The molecular formula is C34H54O2. The number of hydrogen-bond donors (Lipinski definition) is 0. The van der Waals surface area contributed by atoms with E-state index in [1.165, 1.54) is 113 Å². The van der Waals surface area contributed by atoms with Crippen molar-refractivity contribution in [3.05, 3.63) is 54.1 Å². The van der Waals surface area contributed by atoms with Crippen LogP contribution in [0.2, 0.25) is 0 Å². The SMILES string of the molecule is CCCCCCCCCCCOc1ccc(-c2ccc(C(C)OCCCCCCCCC)cc2)cc1. The highest BCUT2D eigenvalue weighted by Crippen LogP contribution is 2.25. The van der Waals surface area contributed by atoms with Gasteiger partial charge in [-0.25, -0.2) is 0 Å². The molecule has 0 N–H and O–H groups in total. The Morgan fingerprint density at radius 1 is 0.500 bits per heavy atom. The van der Waals surface area contributed by atoms with Crippen LogP contribution in [0.4, 0.5) is 0 Å². The molecule has 0 saturated carbocycles. The summed E-state index contributed by atoms with van der Waals surface area (Å²) in [6, 6.07) is 17.4. The predicted molar refractivity (Wildman–Crippen MR) is 157 cm³/mol. The Balaban J connectivity index is 1.60. The third-order valence-corrected chi connectivity index (χ3v) is 7.20. The molecule has 0 radical (unpaired) electrons. The number of ether oxygens (including phenoxy) is 2. The minimum Gasteiger partial charge on any atom is -0.494 e. The van der Waals surface area contributed by atoms with E-state index in [0.29, 0.717) is 0 Å². The highest BCUT2D eigenvalue weighted by molar-refractivity contribution is 5.64. The van der Waals surface area contributed by atoms with E-state index in [9.17, 15) is 0 Å². The molecule has 0 saturated heterocycles. The molecule has 0 heterocycles. The summed E-state index contributed by atoms with van der Waals surface area (Å²) >= 11 is 0. The molecule has 2 aromatic carbocycles. The Labute approximate surface area is 223 Å². The van der Waals surface area contributed by atoms with Gasteiger partial charge in [0.15, 0.2) is 0 Å². The average molecular weight is 495 g/mol. The standard InChI is InChI=1S/C34H54O2/c1-4-6-8-10-12-13-15-17-19-29-36-34-26-24-33(25-27-34)32-22-20-31(21-23-32)30(3)35-28-18-16-14-11-9-7-5-2/h20-27,30H,4-19,28-29H2,1-3H3. The molecule has 1 unspecified atom stereocenters. The Morgan fingerprint density at radius 2 is 0.917 bits per heavy atom. The van der Waals surface area contributed by atoms with Crippen LogP contribution in [0, 0.1) is 0 Å². The number of rotatable bonds is 22. The highest BCUT2D eigenvalue weighted by Gasteiger charge is 2.07. The maximum absolute atomic E-state index is 6.09. The lowest BCUT2D eigenvalue weighted by Crippen LogP contribution is -2.01. The number of unbranched alkanes of at least 4 members (excludes halogenated alkanes) is 14. The monoisotopic (exact) mass is 494 g/mol. The van der Waals surface area contributed by atoms with E-state index in [2.05, 4.69) is 69.3 Å². The molecule has 0 bridgehead atoms. The summed E-state index contributed by atoms with van der Waals surface area (Å²) in [6.45, 7) is 8.39. The lowest BCUT2D eigenvalue weighted by atomic mass is 10.0. The minimum atomic E-state index is 0.149. The van der Waals surface area contributed by atoms with E-state index in [4.69, 9.17) is 9.47 Å². The maximum Gasteiger partial charge on any atom is 0.119 e. The molecule has 0 aliphatic carbocycles. The van der Waals surface area contributed by atoms with Gasteiger partial charge >= 0.3 is 0 Å². The van der Waals surface area contributed by atoms with Crippen LogP contribution < -0.4 is 4.74 Å². The summed E-state index contributed by atoms with van der Waals surface area (Å²) in [7, 11) is 0. The predicted octanol–water partition coefficient (Wildman–Crippen LogP) is 11.1. The number of benzene rings is 2. The molecular weight excluding hydrogens is 440 g/mol. The van der Waals surface area contributed by atoms with Crippen LogP contribution in [0.3, 0.4) is 0 Å². The van der Waals surface area contributed by atoms with Crippen LogP contribution in [0.15, 0.2) is 48.5 Å². The first kappa shape index (κ1) is 30.4. The lowest BCUT2D eigenvalue weighted by Gasteiger charge is -2.14. The van der Waals surface area contributed by atoms with E-state index in [0.717, 1.165) is 25.4 Å². The number of hydrogen-bond acceptors (Lipinski definition) is 2. The second-order valence-corrected chi connectivity index (χ2v) is 10.5. The summed E-state index contributed by atoms with van der Waals surface area (Å²) < 4.78 is 12.1. The molecule has 202 valence electrons. The van der Waals surface area contributed by atoms with E-state index in [1.54, 1.807) is 0 Å². The topological polar surface area (TPSA) is 18.5 Å². The van der Waals surface area contributed by atoms with Gasteiger partial charge in [0.1, 0.15) is 5.75 Å². The third kappa shape index (κ3) is 13.5. The van der Waals surface area contributed by atoms with Crippen LogP contribution in [-0.4, -0.2) is 13.2 Å². The van der Waals surface area contributed by atoms with Crippen molar-refractivity contribution in [2.45, 2.75) is 130 Å². The summed E-state index contributed by atoms with van der Waals surface area (Å²) in [6.07, 6.45) is 21.5. The van der Waals surface area contributed by atoms with Gasteiger partial charge in [0, 0.05) is 6.61 Å². The fourth-order valence-electron chi connectivity index (χ4n) is 4.71. The maximum atomic E-state index is 6.09. The van der Waals surface area contributed by atoms with Crippen LogP contribution in [0.25, 0.3) is 11.1 Å². The molecule has 0 amide bonds. The van der Waals surface area contributed by atoms with Crippen molar-refractivity contribution in [3.8, 4) is 16.9 Å². The molecule has 2 aromatic rings. The third-order valence-electron chi connectivity index (χ3n) is 7.20. The van der Waals surface area contributed by atoms with Crippen LogP contribution in [0.1, 0.15) is 135 Å². The van der Waals surface area contributed by atoms with E-state index in [-0.39, 0.29) is 6.10 Å². The van der Waals surface area contributed by atoms with Crippen molar-refractivity contribution in [1.29, 1.82) is 0 Å². The van der Waals surface area contributed by atoms with Crippen LogP contribution >= 0.6 is 0 Å². The normalized spacial score (nSPS) is 12.1. The van der Waals surface area contributed by atoms with E-state index >= 15 is 0 Å². The Bertz CT molecular complexity index is 750. The summed E-state index contributed by atoms with van der Waals surface area (Å²) in [5.74, 6) is 0.974. The van der Waals surface area contributed by atoms with Gasteiger partial charge in [-0.3, -0.25) is 0 Å². The molecule has 1 atom stereocenters. The zero-order valence-electron chi connectivity index (χ0n) is 23.7. The average Bonchev–Trinajstić information content (AvgIpc) is 2.91. The van der Waals surface area contributed by atoms with Crippen LogP contribution in [-0.2, 0) is 4.74 Å². The summed E-state index contributed by atoms with van der Waals surface area (Å²) in [4.78, 5) is 0. The molecule has 0 aliphatic heterocycles. The van der Waals surface area contributed by atoms with Gasteiger partial charge in [0.2, 0.25) is 0 Å². The van der Waals surface area contributed by atoms with Gasteiger partial charge in [-0.15, -0.1) is 0 Å². The minimum absolute atomic E-state index is 0.149. The van der Waals surface area contributed by atoms with Gasteiger partial charge in [0.25, 0.3) is 0 Å². The molecule has 2 heteroatoms. The Kier molecular flexibility index (Phi) is 17.1. The largest absolute Gasteiger partial charge is 0.494 e. The smallest absolute Gasteiger partial charge is 0.119 e. The van der Waals surface area contributed by atoms with Gasteiger partial charge in [-0.05, 0) is 48.6 Å². The summed E-state index contributed by atoms with van der Waals surface area (Å²) in [5.41, 5.74) is 3.72. The van der Waals surface area contributed by atoms with Crippen molar-refractivity contribution >= 4 is 0 Å². The molecule has 0 fully saturated rings. The van der Waals surface area contributed by atoms with Gasteiger partial charge in [-0.1, -0.05) is 140 Å². The molecule has 2 rings (SSSR count). The first-order valence-corrected chi connectivity index (χ1v) is 15.2. The van der Waals surface area contributed by atoms with Gasteiger partial charge < -0.3 is 9.47 Å².